The number of nitrogens with zero attached hydrogens (tertiary/aromatic N) is 2. The number of hydrogen-bond donors (Lipinski definition) is 1. The van der Waals surface area contributed by atoms with Crippen LogP contribution in [-0.4, -0.2) is 80.2 Å². The van der Waals surface area contributed by atoms with Crippen molar-refractivity contribution in [2.24, 2.45) is 0 Å². The summed E-state index contributed by atoms with van der Waals surface area (Å²) >= 11 is 0. The van der Waals surface area contributed by atoms with Crippen molar-refractivity contribution >= 4 is 17.4 Å². The van der Waals surface area contributed by atoms with Crippen LogP contribution in [0.2, 0.25) is 0 Å². The molecule has 2 aliphatic heterocycles. The van der Waals surface area contributed by atoms with Gasteiger partial charge >= 0.3 is 0 Å². The second kappa shape index (κ2) is 9.46. The summed E-state index contributed by atoms with van der Waals surface area (Å²) in [6, 6.07) is 7.38. The number of methoxy groups -OCH3 is 2. The summed E-state index contributed by atoms with van der Waals surface area (Å²) in [7, 11) is 2.97. The molecule has 9 nitrogen and oxygen atoms in total. The molecule has 4 rings (SSSR count). The largest absolute Gasteiger partial charge is 0.507 e. The number of aliphatic hydroxyl groups is 1. The topological polar surface area (TPSA) is 102 Å². The number of aliphatic hydroxyl groups excluding tert-OH is 1. The van der Waals surface area contributed by atoms with Crippen LogP contribution in [0.15, 0.2) is 46.6 Å². The van der Waals surface area contributed by atoms with Gasteiger partial charge in [-0.1, -0.05) is 0 Å². The van der Waals surface area contributed by atoms with Crippen LogP contribution in [0.5, 0.6) is 11.5 Å². The van der Waals surface area contributed by atoms with Crippen molar-refractivity contribution in [2.75, 3.05) is 53.6 Å². The number of amides is 1. The Hall–Kier alpha value is -3.30. The molecule has 2 aromatic rings. The highest BCUT2D eigenvalue weighted by Crippen LogP contribution is 2.41. The van der Waals surface area contributed by atoms with Crippen LogP contribution in [0.3, 0.4) is 0 Å². The first-order valence-electron chi connectivity index (χ1n) is 10.4. The van der Waals surface area contributed by atoms with Gasteiger partial charge in [-0.3, -0.25) is 14.5 Å². The molecule has 170 valence electrons. The number of ketones is 1. The molecule has 0 radical (unpaired) electrons. The summed E-state index contributed by atoms with van der Waals surface area (Å²) in [4.78, 5) is 29.7. The van der Waals surface area contributed by atoms with Crippen molar-refractivity contribution in [3.63, 3.8) is 0 Å². The monoisotopic (exact) mass is 442 g/mol. The second-order valence-electron chi connectivity index (χ2n) is 7.53. The minimum absolute atomic E-state index is 0.0320. The lowest BCUT2D eigenvalue weighted by molar-refractivity contribution is -0.140. The van der Waals surface area contributed by atoms with Crippen LogP contribution in [0.25, 0.3) is 5.76 Å². The van der Waals surface area contributed by atoms with Crippen molar-refractivity contribution in [3.05, 3.63) is 53.5 Å². The zero-order valence-corrected chi connectivity index (χ0v) is 18.1. The molecule has 0 aliphatic carbocycles. The third kappa shape index (κ3) is 4.09. The highest BCUT2D eigenvalue weighted by atomic mass is 16.5. The number of likely N-dealkylation sites (tertiary alicyclic amines) is 1. The van der Waals surface area contributed by atoms with Gasteiger partial charge in [-0.25, -0.2) is 0 Å². The number of carbonyl (C=O) groups excluding carboxylic acids is 2. The van der Waals surface area contributed by atoms with E-state index in [9.17, 15) is 14.7 Å². The average molecular weight is 442 g/mol. The summed E-state index contributed by atoms with van der Waals surface area (Å²) in [5, 5.41) is 11.2. The molecule has 0 spiro atoms. The number of ether oxygens (including phenoxy) is 3. The van der Waals surface area contributed by atoms with E-state index in [4.69, 9.17) is 18.6 Å². The van der Waals surface area contributed by atoms with Gasteiger partial charge in [0.25, 0.3) is 11.7 Å². The lowest BCUT2D eigenvalue weighted by Crippen LogP contribution is -2.42. The number of Topliss-reactive ketones (excluding diaryl/α,β-unsaturated/α-hetero) is 1. The van der Waals surface area contributed by atoms with Crippen LogP contribution in [0.1, 0.15) is 17.4 Å². The first kappa shape index (κ1) is 21.9. The van der Waals surface area contributed by atoms with Crippen LogP contribution < -0.4 is 9.47 Å². The summed E-state index contributed by atoms with van der Waals surface area (Å²) < 4.78 is 21.5. The maximum absolute atomic E-state index is 13.1. The molecule has 1 aromatic carbocycles. The number of carbonyl (C=O) groups is 2. The Labute approximate surface area is 185 Å². The third-order valence-electron chi connectivity index (χ3n) is 5.78. The molecule has 0 saturated carbocycles. The first-order chi connectivity index (χ1) is 15.5. The van der Waals surface area contributed by atoms with Gasteiger partial charge in [0.2, 0.25) is 0 Å². The van der Waals surface area contributed by atoms with E-state index in [2.05, 4.69) is 4.90 Å². The summed E-state index contributed by atoms with van der Waals surface area (Å²) in [6.07, 6.45) is 1.48. The molecule has 1 atom stereocenters. The molecule has 3 heterocycles. The molecule has 0 bridgehead atoms. The zero-order valence-electron chi connectivity index (χ0n) is 18.1. The Morgan fingerprint density at radius 1 is 1.12 bits per heavy atom. The minimum Gasteiger partial charge on any atom is -0.507 e. The fourth-order valence-corrected chi connectivity index (χ4v) is 4.07. The van der Waals surface area contributed by atoms with Crippen LogP contribution in [0.4, 0.5) is 0 Å². The maximum Gasteiger partial charge on any atom is 0.295 e. The molecule has 1 aromatic heterocycles. The Bertz CT molecular complexity index is 1010. The normalized spacial score (nSPS) is 21.2. The van der Waals surface area contributed by atoms with E-state index in [1.165, 1.54) is 25.4 Å². The van der Waals surface area contributed by atoms with Crippen molar-refractivity contribution in [2.45, 2.75) is 6.04 Å². The average Bonchev–Trinajstić information content (AvgIpc) is 3.44. The standard InChI is InChI=1S/C23H26N2O7/c1-29-15-5-6-16(18(14-15)30-2)21(26)19-20(17-4-3-11-32-17)25(23(28)22(19)27)8-7-24-9-12-31-13-10-24/h3-6,11,14,20,26H,7-10,12-13H2,1-2H3/t20-/m0/s1. The zero-order chi connectivity index (χ0) is 22.7. The van der Waals surface area contributed by atoms with Gasteiger partial charge in [0.05, 0.1) is 44.8 Å². The van der Waals surface area contributed by atoms with E-state index < -0.39 is 17.7 Å². The fourth-order valence-electron chi connectivity index (χ4n) is 4.07. The number of morpholine rings is 1. The van der Waals surface area contributed by atoms with E-state index in [0.717, 1.165) is 13.1 Å². The number of furan rings is 1. The van der Waals surface area contributed by atoms with Gasteiger partial charge < -0.3 is 28.6 Å². The molecule has 9 heteroatoms. The first-order valence-corrected chi connectivity index (χ1v) is 10.4. The molecule has 0 unspecified atom stereocenters. The lowest BCUT2D eigenvalue weighted by atomic mass is 9.98. The van der Waals surface area contributed by atoms with Gasteiger partial charge in [0, 0.05) is 32.2 Å². The van der Waals surface area contributed by atoms with E-state index in [0.29, 0.717) is 43.6 Å². The Kier molecular flexibility index (Phi) is 6.48. The number of hydrogen-bond acceptors (Lipinski definition) is 8. The predicted molar refractivity (Wildman–Crippen MR) is 115 cm³/mol. The summed E-state index contributed by atoms with van der Waals surface area (Å²) in [5.74, 6) is -0.498. The number of benzene rings is 1. The SMILES string of the molecule is COc1ccc(C(O)=C2C(=O)C(=O)N(CCN3CCOCC3)[C@H]2c2ccco2)c(OC)c1. The van der Waals surface area contributed by atoms with E-state index >= 15 is 0 Å². The van der Waals surface area contributed by atoms with Gasteiger partial charge in [-0.05, 0) is 24.3 Å². The third-order valence-corrected chi connectivity index (χ3v) is 5.78. The van der Waals surface area contributed by atoms with Crippen LogP contribution in [0, 0.1) is 0 Å². The number of rotatable bonds is 7. The molecule has 1 N–H and O–H groups in total. The van der Waals surface area contributed by atoms with E-state index in [-0.39, 0.29) is 16.9 Å². The molecule has 2 fully saturated rings. The van der Waals surface area contributed by atoms with Crippen LogP contribution in [-0.2, 0) is 14.3 Å². The second-order valence-corrected chi connectivity index (χ2v) is 7.53. The van der Waals surface area contributed by atoms with Gasteiger partial charge in [0.15, 0.2) is 0 Å². The highest BCUT2D eigenvalue weighted by molar-refractivity contribution is 6.46. The molecule has 1 amide bonds. The smallest absolute Gasteiger partial charge is 0.295 e. The van der Waals surface area contributed by atoms with Crippen molar-refractivity contribution in [3.8, 4) is 11.5 Å². The van der Waals surface area contributed by atoms with E-state index in [1.54, 1.807) is 30.3 Å². The quantitative estimate of drug-likeness (QED) is 0.395. The van der Waals surface area contributed by atoms with Gasteiger partial charge in [0.1, 0.15) is 29.1 Å². The molecule has 32 heavy (non-hydrogen) atoms. The summed E-state index contributed by atoms with van der Waals surface area (Å²) in [5.41, 5.74) is 0.256. The molecular weight excluding hydrogens is 416 g/mol. The molecule has 2 aliphatic rings. The van der Waals surface area contributed by atoms with Crippen molar-refractivity contribution in [1.29, 1.82) is 0 Å². The minimum atomic E-state index is -0.835. The van der Waals surface area contributed by atoms with Crippen molar-refractivity contribution in [1.82, 2.24) is 9.80 Å². The fraction of sp³-hybridized carbons (Fsp3) is 0.391. The highest BCUT2D eigenvalue weighted by Gasteiger charge is 2.47. The Balaban J connectivity index is 1.73. The molecular formula is C23H26N2O7. The Morgan fingerprint density at radius 3 is 2.56 bits per heavy atom. The van der Waals surface area contributed by atoms with Gasteiger partial charge in [-0.15, -0.1) is 0 Å². The van der Waals surface area contributed by atoms with Gasteiger partial charge in [-0.2, -0.15) is 0 Å². The van der Waals surface area contributed by atoms with Crippen molar-refractivity contribution < 1.29 is 33.3 Å². The lowest BCUT2D eigenvalue weighted by Gasteiger charge is -2.30. The maximum atomic E-state index is 13.1. The van der Waals surface area contributed by atoms with Crippen LogP contribution >= 0.6 is 0 Å². The Morgan fingerprint density at radius 2 is 1.91 bits per heavy atom. The van der Waals surface area contributed by atoms with E-state index in [1.807, 2.05) is 0 Å². The molecule has 2 saturated heterocycles. The predicted octanol–water partition coefficient (Wildman–Crippen LogP) is 2.05. The summed E-state index contributed by atoms with van der Waals surface area (Å²) in [6.45, 7) is 3.69.